The van der Waals surface area contributed by atoms with E-state index in [1.54, 1.807) is 18.2 Å². The van der Waals surface area contributed by atoms with Crippen LogP contribution in [0, 0.1) is 10.1 Å². The van der Waals surface area contributed by atoms with E-state index in [0.29, 0.717) is 21.4 Å². The lowest BCUT2D eigenvalue weighted by Gasteiger charge is -2.18. The maximum absolute atomic E-state index is 10.7. The summed E-state index contributed by atoms with van der Waals surface area (Å²) in [7, 11) is 0. The van der Waals surface area contributed by atoms with Gasteiger partial charge in [0.05, 0.1) is 22.3 Å². The largest absolute Gasteiger partial charge is 0.397 e. The summed E-state index contributed by atoms with van der Waals surface area (Å²) < 4.78 is 0. The Labute approximate surface area is 131 Å². The van der Waals surface area contributed by atoms with Crippen molar-refractivity contribution in [3.63, 3.8) is 0 Å². The van der Waals surface area contributed by atoms with Crippen LogP contribution in [0.4, 0.5) is 17.1 Å². The molecule has 0 saturated heterocycles. The van der Waals surface area contributed by atoms with Crippen LogP contribution in [-0.4, -0.2) is 4.92 Å². The predicted octanol–water partition coefficient (Wildman–Crippen LogP) is 4.66. The highest BCUT2D eigenvalue weighted by Crippen LogP contribution is 2.31. The smallest absolute Gasteiger partial charge is 0.271 e. The van der Waals surface area contributed by atoms with E-state index >= 15 is 0 Å². The van der Waals surface area contributed by atoms with Gasteiger partial charge in [0.25, 0.3) is 5.69 Å². The summed E-state index contributed by atoms with van der Waals surface area (Å²) in [4.78, 5) is 10.2. The number of rotatable bonds is 4. The van der Waals surface area contributed by atoms with Gasteiger partial charge in [-0.1, -0.05) is 29.3 Å². The third-order valence-electron chi connectivity index (χ3n) is 3.05. The molecule has 1 unspecified atom stereocenters. The van der Waals surface area contributed by atoms with Gasteiger partial charge in [-0.3, -0.25) is 10.1 Å². The van der Waals surface area contributed by atoms with Gasteiger partial charge in [-0.15, -0.1) is 0 Å². The molecule has 2 aromatic rings. The minimum Gasteiger partial charge on any atom is -0.397 e. The maximum atomic E-state index is 10.7. The molecule has 0 aliphatic heterocycles. The molecule has 2 aromatic carbocycles. The van der Waals surface area contributed by atoms with E-state index in [0.717, 1.165) is 5.56 Å². The van der Waals surface area contributed by atoms with Crippen molar-refractivity contribution in [3.05, 3.63) is 62.1 Å². The molecule has 0 spiro atoms. The van der Waals surface area contributed by atoms with Crippen LogP contribution in [0.2, 0.25) is 10.0 Å². The Kier molecular flexibility index (Phi) is 4.55. The highest BCUT2D eigenvalue weighted by Gasteiger charge is 2.13. The van der Waals surface area contributed by atoms with E-state index in [1.165, 1.54) is 12.1 Å². The number of nitrogen functional groups attached to an aromatic ring is 1. The number of hydrogen-bond donors (Lipinski definition) is 2. The number of anilines is 2. The molecule has 21 heavy (non-hydrogen) atoms. The van der Waals surface area contributed by atoms with Crippen LogP contribution in [0.15, 0.2) is 36.4 Å². The Hall–Kier alpha value is -1.98. The molecule has 0 aromatic heterocycles. The van der Waals surface area contributed by atoms with E-state index in [2.05, 4.69) is 5.32 Å². The van der Waals surface area contributed by atoms with Gasteiger partial charge in [0.1, 0.15) is 0 Å². The highest BCUT2D eigenvalue weighted by molar-refractivity contribution is 6.35. The third kappa shape index (κ3) is 3.56. The molecule has 5 nitrogen and oxygen atoms in total. The molecular weight excluding hydrogens is 313 g/mol. The molecule has 0 amide bonds. The summed E-state index contributed by atoms with van der Waals surface area (Å²) in [6.07, 6.45) is 0. The Bertz CT molecular complexity index is 692. The van der Waals surface area contributed by atoms with Crippen molar-refractivity contribution in [2.75, 3.05) is 11.1 Å². The van der Waals surface area contributed by atoms with Crippen LogP contribution in [0.25, 0.3) is 0 Å². The number of benzene rings is 2. The lowest BCUT2D eigenvalue weighted by atomic mass is 10.1. The zero-order chi connectivity index (χ0) is 15.6. The summed E-state index contributed by atoms with van der Waals surface area (Å²) in [5, 5.41) is 15.0. The topological polar surface area (TPSA) is 81.2 Å². The first-order valence-corrected chi connectivity index (χ1v) is 6.89. The van der Waals surface area contributed by atoms with E-state index in [-0.39, 0.29) is 11.7 Å². The summed E-state index contributed by atoms with van der Waals surface area (Å²) in [5.74, 6) is 0. The molecule has 0 bridgehead atoms. The quantitative estimate of drug-likeness (QED) is 0.486. The zero-order valence-electron chi connectivity index (χ0n) is 11.1. The molecule has 0 aliphatic carbocycles. The number of nitrogens with zero attached hydrogens (tertiary/aromatic N) is 1. The Morgan fingerprint density at radius 2 is 1.95 bits per heavy atom. The van der Waals surface area contributed by atoms with Crippen molar-refractivity contribution >= 4 is 40.3 Å². The molecule has 0 fully saturated rings. The molecule has 3 N–H and O–H groups in total. The average Bonchev–Trinajstić information content (AvgIpc) is 2.40. The van der Waals surface area contributed by atoms with Crippen molar-refractivity contribution < 1.29 is 4.92 Å². The molecular formula is C14H13Cl2N3O2. The minimum absolute atomic E-state index is 0.0461. The summed E-state index contributed by atoms with van der Waals surface area (Å²) in [6.45, 7) is 1.91. The van der Waals surface area contributed by atoms with E-state index in [1.807, 2.05) is 13.0 Å². The molecule has 0 saturated carbocycles. The molecule has 0 heterocycles. The Morgan fingerprint density at radius 1 is 1.24 bits per heavy atom. The molecule has 2 rings (SSSR count). The Morgan fingerprint density at radius 3 is 2.52 bits per heavy atom. The number of nitro groups is 1. The molecule has 0 radical (unpaired) electrons. The van der Waals surface area contributed by atoms with Gasteiger partial charge in [0.2, 0.25) is 0 Å². The van der Waals surface area contributed by atoms with Gasteiger partial charge in [0.15, 0.2) is 0 Å². The van der Waals surface area contributed by atoms with Gasteiger partial charge in [-0.2, -0.15) is 0 Å². The monoisotopic (exact) mass is 325 g/mol. The minimum atomic E-state index is -0.486. The summed E-state index contributed by atoms with van der Waals surface area (Å²) in [5.41, 5.74) is 7.56. The fraction of sp³-hybridized carbons (Fsp3) is 0.143. The van der Waals surface area contributed by atoms with E-state index in [4.69, 9.17) is 28.9 Å². The van der Waals surface area contributed by atoms with Crippen molar-refractivity contribution in [3.8, 4) is 0 Å². The number of nitro benzene ring substituents is 1. The number of hydrogen-bond acceptors (Lipinski definition) is 4. The van der Waals surface area contributed by atoms with Crippen molar-refractivity contribution in [1.82, 2.24) is 0 Å². The van der Waals surface area contributed by atoms with Gasteiger partial charge in [-0.05, 0) is 30.7 Å². The molecule has 0 aliphatic rings. The number of halogens is 2. The summed E-state index contributed by atoms with van der Waals surface area (Å²) >= 11 is 12.0. The normalized spacial score (nSPS) is 12.0. The number of nitrogens with two attached hydrogens (primary N) is 1. The highest BCUT2D eigenvalue weighted by atomic mass is 35.5. The van der Waals surface area contributed by atoms with E-state index in [9.17, 15) is 10.1 Å². The average molecular weight is 326 g/mol. The number of non-ortho nitro benzene ring substituents is 1. The Balaban J connectivity index is 2.23. The van der Waals surface area contributed by atoms with Gasteiger partial charge in [-0.25, -0.2) is 0 Å². The molecule has 7 heteroatoms. The lowest BCUT2D eigenvalue weighted by Crippen LogP contribution is -2.09. The van der Waals surface area contributed by atoms with Gasteiger partial charge >= 0.3 is 0 Å². The van der Waals surface area contributed by atoms with E-state index < -0.39 is 4.92 Å². The first kappa shape index (κ1) is 15.4. The maximum Gasteiger partial charge on any atom is 0.271 e. The second kappa shape index (κ2) is 6.20. The molecule has 110 valence electrons. The fourth-order valence-electron chi connectivity index (χ4n) is 1.96. The van der Waals surface area contributed by atoms with Crippen LogP contribution in [0.5, 0.6) is 0 Å². The molecule has 1 atom stereocenters. The first-order chi connectivity index (χ1) is 9.88. The van der Waals surface area contributed by atoms with Crippen LogP contribution >= 0.6 is 23.2 Å². The lowest BCUT2D eigenvalue weighted by molar-refractivity contribution is -0.384. The zero-order valence-corrected chi connectivity index (χ0v) is 12.7. The van der Waals surface area contributed by atoms with Crippen LogP contribution < -0.4 is 11.1 Å². The fourth-order valence-corrected chi connectivity index (χ4v) is 2.53. The first-order valence-electron chi connectivity index (χ1n) is 6.14. The van der Waals surface area contributed by atoms with Crippen molar-refractivity contribution in [2.24, 2.45) is 0 Å². The number of nitrogens with one attached hydrogen (secondary N) is 1. The van der Waals surface area contributed by atoms with Crippen LogP contribution in [0.3, 0.4) is 0 Å². The third-order valence-corrected chi connectivity index (χ3v) is 3.61. The van der Waals surface area contributed by atoms with Gasteiger partial charge < -0.3 is 11.1 Å². The second-order valence-corrected chi connectivity index (χ2v) is 5.40. The van der Waals surface area contributed by atoms with Crippen LogP contribution in [-0.2, 0) is 0 Å². The van der Waals surface area contributed by atoms with Gasteiger partial charge in [0, 0.05) is 22.2 Å². The van der Waals surface area contributed by atoms with Crippen molar-refractivity contribution in [1.29, 1.82) is 0 Å². The standard InChI is InChI=1S/C14H13Cl2N3O2/c1-8(11-4-2-9(15)6-12(11)16)18-14-5-3-10(19(20)21)7-13(14)17/h2-8,18H,17H2,1H3. The SMILES string of the molecule is CC(Nc1ccc([N+](=O)[O-])cc1N)c1ccc(Cl)cc1Cl. The summed E-state index contributed by atoms with van der Waals surface area (Å²) in [6, 6.07) is 9.40. The van der Waals surface area contributed by atoms with Crippen LogP contribution in [0.1, 0.15) is 18.5 Å². The second-order valence-electron chi connectivity index (χ2n) is 4.56. The predicted molar refractivity (Wildman–Crippen MR) is 86.0 cm³/mol. The van der Waals surface area contributed by atoms with Crippen molar-refractivity contribution in [2.45, 2.75) is 13.0 Å².